The predicted octanol–water partition coefficient (Wildman–Crippen LogP) is -0.299. The summed E-state index contributed by atoms with van der Waals surface area (Å²) in [6.45, 7) is -1.83. The van der Waals surface area contributed by atoms with Crippen LogP contribution >= 0.6 is 15.6 Å². The van der Waals surface area contributed by atoms with Gasteiger partial charge in [-0.05, 0) is 30.9 Å². The van der Waals surface area contributed by atoms with Crippen molar-refractivity contribution < 1.29 is 66.6 Å². The molecule has 298 valence electrons. The van der Waals surface area contributed by atoms with Gasteiger partial charge in [-0.2, -0.15) is 4.98 Å². The number of rotatable bonds is 16. The Hall–Kier alpha value is -4.22. The molecule has 2 aliphatic rings. The standard InChI is InChI=1S/C30H38N8O15P2/c31-19-10-11-37(30(42)36-19)28-23(41)25(18(51-28)12-48-54(43,44)45)53-55(46,47)49-13-17-24(52-20(39)9-5-4-8-16-6-2-1-3-7-16)22(40)29(50-17)38-15-35-21-26(32)33-14-34-27(21)38/h1-3,6-7,10-11,14-15,17-18,22-25,28-29,40-41H,4-5,8-9,12-13H2,(H,46,47)(H2,31,36,42)(H2,32,33,34)(H2,43,44,45)/t17-,18-,22-,23-,24-,25-,28-,29-/m1/s1. The van der Waals surface area contributed by atoms with Gasteiger partial charge in [0, 0.05) is 12.6 Å². The number of fused-ring (bicyclic) bond motifs is 1. The number of nitrogens with two attached hydrogens (primary N) is 2. The molecule has 1 unspecified atom stereocenters. The Morgan fingerprint density at radius 2 is 1.55 bits per heavy atom. The van der Waals surface area contributed by atoms with Gasteiger partial charge in [-0.3, -0.25) is 27.5 Å². The van der Waals surface area contributed by atoms with E-state index in [1.54, 1.807) is 0 Å². The van der Waals surface area contributed by atoms with Crippen molar-refractivity contribution in [2.75, 3.05) is 24.7 Å². The van der Waals surface area contributed by atoms with Crippen molar-refractivity contribution in [3.8, 4) is 0 Å². The third-order valence-corrected chi connectivity index (χ3v) is 10.1. The van der Waals surface area contributed by atoms with Crippen LogP contribution in [0.2, 0.25) is 0 Å². The van der Waals surface area contributed by atoms with Crippen molar-refractivity contribution in [3.63, 3.8) is 0 Å². The Bertz CT molecular complexity index is 2120. The second-order valence-electron chi connectivity index (χ2n) is 12.5. The fourth-order valence-corrected chi connectivity index (χ4v) is 7.40. The Kier molecular flexibility index (Phi) is 12.4. The summed E-state index contributed by atoms with van der Waals surface area (Å²) in [5, 5.41) is 22.5. The highest BCUT2D eigenvalue weighted by Gasteiger charge is 2.52. The van der Waals surface area contributed by atoms with Crippen LogP contribution in [-0.2, 0) is 48.1 Å². The summed E-state index contributed by atoms with van der Waals surface area (Å²) in [4.78, 5) is 70.5. The molecule has 3 aromatic heterocycles. The second kappa shape index (κ2) is 16.9. The molecule has 6 rings (SSSR count). The number of aryl methyl sites for hydroxylation is 1. The number of carbonyl (C=O) groups is 1. The Labute approximate surface area is 310 Å². The number of nitrogen functional groups attached to an aromatic ring is 2. The number of aliphatic hydroxyl groups excluding tert-OH is 2. The van der Waals surface area contributed by atoms with Crippen LogP contribution < -0.4 is 17.2 Å². The topological polar surface area (TPSA) is 338 Å². The van der Waals surface area contributed by atoms with Crippen LogP contribution in [0.25, 0.3) is 11.2 Å². The number of carbonyl (C=O) groups excluding carboxylic acids is 1. The quantitative estimate of drug-likeness (QED) is 0.0434. The third-order valence-electron chi connectivity index (χ3n) is 8.68. The molecular formula is C30H38N8O15P2. The molecule has 1 aromatic carbocycles. The van der Waals surface area contributed by atoms with Crippen molar-refractivity contribution in [1.29, 1.82) is 0 Å². The zero-order valence-electron chi connectivity index (χ0n) is 28.6. The van der Waals surface area contributed by atoms with Gasteiger partial charge in [0.15, 0.2) is 30.0 Å². The van der Waals surface area contributed by atoms with Crippen LogP contribution in [0.3, 0.4) is 0 Å². The summed E-state index contributed by atoms with van der Waals surface area (Å²) in [6, 6.07) is 10.8. The van der Waals surface area contributed by atoms with Crippen LogP contribution in [0.15, 0.2) is 60.0 Å². The minimum atomic E-state index is -5.30. The fourth-order valence-electron chi connectivity index (χ4n) is 6.09. The van der Waals surface area contributed by atoms with E-state index in [9.17, 15) is 43.6 Å². The third kappa shape index (κ3) is 9.78. The minimum Gasteiger partial charge on any atom is -0.457 e. The molecule has 9 N–H and O–H groups in total. The highest BCUT2D eigenvalue weighted by atomic mass is 31.2. The second-order valence-corrected chi connectivity index (χ2v) is 15.1. The Morgan fingerprint density at radius 3 is 2.25 bits per heavy atom. The van der Waals surface area contributed by atoms with Gasteiger partial charge < -0.3 is 50.6 Å². The van der Waals surface area contributed by atoms with Gasteiger partial charge in [0.05, 0.1) is 19.5 Å². The molecule has 2 saturated heterocycles. The fraction of sp³-hybridized carbons (Fsp3) is 0.467. The number of nitrogens with zero attached hydrogens (tertiary/aromatic N) is 6. The summed E-state index contributed by atoms with van der Waals surface area (Å²) >= 11 is 0. The molecule has 0 aliphatic carbocycles. The first-order chi connectivity index (χ1) is 26.1. The maximum absolute atomic E-state index is 13.4. The van der Waals surface area contributed by atoms with Gasteiger partial charge >= 0.3 is 27.3 Å². The Morgan fingerprint density at radius 1 is 0.873 bits per heavy atom. The number of benzene rings is 1. The molecule has 0 spiro atoms. The first kappa shape index (κ1) is 40.4. The molecule has 0 radical (unpaired) electrons. The molecule has 0 bridgehead atoms. The van der Waals surface area contributed by atoms with Crippen molar-refractivity contribution in [1.82, 2.24) is 29.1 Å². The van der Waals surface area contributed by atoms with Crippen LogP contribution in [0, 0.1) is 0 Å². The van der Waals surface area contributed by atoms with E-state index in [2.05, 4.69) is 24.5 Å². The van der Waals surface area contributed by atoms with Gasteiger partial charge in [-0.1, -0.05) is 30.3 Å². The lowest BCUT2D eigenvalue weighted by atomic mass is 10.1. The van der Waals surface area contributed by atoms with Gasteiger partial charge in [0.25, 0.3) is 0 Å². The predicted molar refractivity (Wildman–Crippen MR) is 185 cm³/mol. The van der Waals surface area contributed by atoms with E-state index in [4.69, 9.17) is 34.7 Å². The van der Waals surface area contributed by atoms with Crippen molar-refractivity contribution in [2.24, 2.45) is 0 Å². The molecule has 55 heavy (non-hydrogen) atoms. The number of imidazole rings is 1. The number of anilines is 2. The average Bonchev–Trinajstić information content (AvgIpc) is 3.79. The van der Waals surface area contributed by atoms with Gasteiger partial charge in [0.1, 0.15) is 48.2 Å². The number of aliphatic hydroxyl groups is 2. The number of esters is 1. The monoisotopic (exact) mass is 812 g/mol. The maximum atomic E-state index is 13.4. The molecular weight excluding hydrogens is 774 g/mol. The van der Waals surface area contributed by atoms with E-state index in [0.717, 1.165) is 22.7 Å². The highest BCUT2D eigenvalue weighted by Crippen LogP contribution is 2.50. The lowest BCUT2D eigenvalue weighted by molar-refractivity contribution is -0.156. The number of unbranched alkanes of at least 4 members (excludes halogenated alkanes) is 1. The lowest BCUT2D eigenvalue weighted by Gasteiger charge is -2.25. The molecule has 2 fully saturated rings. The summed E-state index contributed by atoms with van der Waals surface area (Å²) in [5.74, 6) is -0.826. The summed E-state index contributed by atoms with van der Waals surface area (Å²) < 4.78 is 59.0. The lowest BCUT2D eigenvalue weighted by Crippen LogP contribution is -2.39. The molecule has 23 nitrogen and oxygen atoms in total. The summed E-state index contributed by atoms with van der Waals surface area (Å²) in [5.41, 5.74) is 11.9. The van der Waals surface area contributed by atoms with Gasteiger partial charge in [0.2, 0.25) is 0 Å². The normalized spacial score (nSPS) is 26.6. The average molecular weight is 813 g/mol. The number of aromatic nitrogens is 6. The first-order valence-electron chi connectivity index (χ1n) is 16.6. The summed E-state index contributed by atoms with van der Waals surface area (Å²) in [7, 11) is -10.4. The molecule has 9 atom stereocenters. The van der Waals surface area contributed by atoms with Crippen LogP contribution in [-0.4, -0.2) is 110 Å². The number of ether oxygens (including phenoxy) is 3. The maximum Gasteiger partial charge on any atom is 0.472 e. The summed E-state index contributed by atoms with van der Waals surface area (Å²) in [6.07, 6.45) is -7.63. The minimum absolute atomic E-state index is 0.0287. The molecule has 0 amide bonds. The number of phosphoric ester groups is 2. The molecule has 2 aliphatic heterocycles. The van der Waals surface area contributed by atoms with Gasteiger partial charge in [-0.25, -0.2) is 28.9 Å². The van der Waals surface area contributed by atoms with Crippen molar-refractivity contribution in [3.05, 3.63) is 71.3 Å². The number of phosphoric acid groups is 2. The zero-order valence-corrected chi connectivity index (χ0v) is 30.4. The van der Waals surface area contributed by atoms with Gasteiger partial charge in [-0.15, -0.1) is 0 Å². The van der Waals surface area contributed by atoms with E-state index in [-0.39, 0.29) is 29.2 Å². The molecule has 4 aromatic rings. The first-order valence-corrected chi connectivity index (χ1v) is 19.7. The smallest absolute Gasteiger partial charge is 0.457 e. The molecule has 25 heteroatoms. The van der Waals surface area contributed by atoms with Crippen molar-refractivity contribution in [2.45, 2.75) is 74.8 Å². The Balaban J connectivity index is 1.17. The molecule has 5 heterocycles. The SMILES string of the molecule is Nc1ccn([C@@H]2O[C@H](COP(=O)(O)O)[C@@H](OP(=O)(O)OC[C@H]3O[C@@H](n4cnc5c(N)ncnc54)[C@H](O)[C@@H]3OC(=O)CCCCc3ccccc3)[C@H]2O)c(=O)n1. The number of hydrogen-bond donors (Lipinski definition) is 7. The number of hydrogen-bond acceptors (Lipinski definition) is 18. The highest BCUT2D eigenvalue weighted by molar-refractivity contribution is 7.47. The van der Waals surface area contributed by atoms with E-state index in [1.165, 1.54) is 17.0 Å². The van der Waals surface area contributed by atoms with E-state index in [0.29, 0.717) is 19.3 Å². The van der Waals surface area contributed by atoms with Crippen LogP contribution in [0.4, 0.5) is 11.6 Å². The largest absolute Gasteiger partial charge is 0.472 e. The zero-order chi connectivity index (χ0) is 39.5. The van der Waals surface area contributed by atoms with E-state index < -0.39 is 89.6 Å². The van der Waals surface area contributed by atoms with Crippen LogP contribution in [0.1, 0.15) is 37.3 Å². The van der Waals surface area contributed by atoms with E-state index in [1.807, 2.05) is 30.3 Å². The van der Waals surface area contributed by atoms with Crippen LogP contribution in [0.5, 0.6) is 0 Å². The van der Waals surface area contributed by atoms with E-state index >= 15 is 0 Å². The molecule has 0 saturated carbocycles. The van der Waals surface area contributed by atoms with Crippen molar-refractivity contribution >= 4 is 44.4 Å².